The number of furan rings is 1. The van der Waals surface area contributed by atoms with Gasteiger partial charge in [-0.2, -0.15) is 13.2 Å². The second kappa shape index (κ2) is 6.76. The number of alkyl halides is 3. The Morgan fingerprint density at radius 1 is 1.16 bits per heavy atom. The van der Waals surface area contributed by atoms with Crippen molar-refractivity contribution in [1.29, 1.82) is 0 Å². The van der Waals surface area contributed by atoms with Crippen molar-refractivity contribution in [1.82, 2.24) is 15.3 Å². The number of amides is 1. The summed E-state index contributed by atoms with van der Waals surface area (Å²) in [6, 6.07) is 7.20. The Morgan fingerprint density at radius 3 is 2.64 bits per heavy atom. The largest absolute Gasteiger partial charge is 0.464 e. The summed E-state index contributed by atoms with van der Waals surface area (Å²) in [6.07, 6.45) is 1.12. The Hall–Kier alpha value is -3.16. The van der Waals surface area contributed by atoms with E-state index in [1.54, 1.807) is 36.9 Å². The van der Waals surface area contributed by atoms with Gasteiger partial charge in [-0.1, -0.05) is 0 Å². The molecular weight excluding hydrogens is 335 g/mol. The van der Waals surface area contributed by atoms with Crippen LogP contribution >= 0.6 is 0 Å². The quantitative estimate of drug-likeness (QED) is 0.782. The second-order valence-corrected chi connectivity index (χ2v) is 5.17. The molecule has 5 nitrogen and oxygen atoms in total. The zero-order chi connectivity index (χ0) is 17.9. The third kappa shape index (κ3) is 4.03. The highest BCUT2D eigenvalue weighted by molar-refractivity contribution is 5.93. The molecule has 0 radical (unpaired) electrons. The molecule has 0 atom stereocenters. The minimum atomic E-state index is -4.53. The Kier molecular flexibility index (Phi) is 4.51. The number of pyridine rings is 2. The van der Waals surface area contributed by atoms with Crippen molar-refractivity contribution in [2.75, 3.05) is 0 Å². The van der Waals surface area contributed by atoms with Gasteiger partial charge >= 0.3 is 6.18 Å². The average molecular weight is 347 g/mol. The molecule has 1 N–H and O–H groups in total. The summed E-state index contributed by atoms with van der Waals surface area (Å²) in [6.45, 7) is 0.168. The molecule has 25 heavy (non-hydrogen) atoms. The molecule has 1 amide bonds. The summed E-state index contributed by atoms with van der Waals surface area (Å²) in [5.41, 5.74) is 0.484. The van der Waals surface area contributed by atoms with E-state index in [0.717, 1.165) is 29.5 Å². The third-order valence-corrected chi connectivity index (χ3v) is 3.37. The first kappa shape index (κ1) is 16.7. The number of carbonyl (C=O) groups excluding carboxylic acids is 1. The van der Waals surface area contributed by atoms with Crippen molar-refractivity contribution < 1.29 is 22.4 Å². The molecule has 3 heterocycles. The van der Waals surface area contributed by atoms with Gasteiger partial charge in [-0.15, -0.1) is 0 Å². The maximum absolute atomic E-state index is 12.5. The standard InChI is InChI=1S/C17H12F3N3O2/c18-17(19,20)15-4-3-12(10-22-15)16(24)23-8-11-6-13(9-21-7-11)14-2-1-5-25-14/h1-7,9-10H,8H2,(H,23,24). The number of carbonyl (C=O) groups is 1. The lowest BCUT2D eigenvalue weighted by atomic mass is 10.1. The van der Waals surface area contributed by atoms with Gasteiger partial charge < -0.3 is 9.73 Å². The zero-order valence-corrected chi connectivity index (χ0v) is 12.7. The van der Waals surface area contributed by atoms with Gasteiger partial charge in [-0.25, -0.2) is 0 Å². The molecule has 0 aromatic carbocycles. The Morgan fingerprint density at radius 2 is 2.00 bits per heavy atom. The van der Waals surface area contributed by atoms with E-state index in [0.29, 0.717) is 5.76 Å². The van der Waals surface area contributed by atoms with E-state index >= 15 is 0 Å². The lowest BCUT2D eigenvalue weighted by Gasteiger charge is -2.08. The molecule has 0 aliphatic carbocycles. The highest BCUT2D eigenvalue weighted by Gasteiger charge is 2.32. The van der Waals surface area contributed by atoms with Crippen LogP contribution in [0.4, 0.5) is 13.2 Å². The monoisotopic (exact) mass is 347 g/mol. The van der Waals surface area contributed by atoms with Crippen molar-refractivity contribution >= 4 is 5.91 Å². The molecule has 8 heteroatoms. The number of nitrogens with zero attached hydrogens (tertiary/aromatic N) is 2. The Labute approximate surface area is 140 Å². The molecule has 3 rings (SSSR count). The summed E-state index contributed by atoms with van der Waals surface area (Å²) < 4.78 is 42.7. The second-order valence-electron chi connectivity index (χ2n) is 5.17. The van der Waals surface area contributed by atoms with E-state index in [1.165, 1.54) is 0 Å². The van der Waals surface area contributed by atoms with Gasteiger partial charge in [0, 0.05) is 30.7 Å². The topological polar surface area (TPSA) is 68.0 Å². The molecule has 3 aromatic heterocycles. The zero-order valence-electron chi connectivity index (χ0n) is 12.7. The molecule has 0 fully saturated rings. The van der Waals surface area contributed by atoms with Crippen LogP contribution in [-0.4, -0.2) is 15.9 Å². The first-order valence-corrected chi connectivity index (χ1v) is 7.23. The summed E-state index contributed by atoms with van der Waals surface area (Å²) in [4.78, 5) is 19.4. The van der Waals surface area contributed by atoms with Crippen LogP contribution in [0, 0.1) is 0 Å². The molecule has 3 aromatic rings. The third-order valence-electron chi connectivity index (χ3n) is 3.37. The number of hydrogen-bond donors (Lipinski definition) is 1. The number of nitrogens with one attached hydrogen (secondary N) is 1. The number of aromatic nitrogens is 2. The summed E-state index contributed by atoms with van der Waals surface area (Å²) >= 11 is 0. The van der Waals surface area contributed by atoms with Crippen molar-refractivity contribution in [2.45, 2.75) is 12.7 Å². The van der Waals surface area contributed by atoms with Crippen molar-refractivity contribution in [3.8, 4) is 11.3 Å². The normalized spacial score (nSPS) is 11.3. The smallest absolute Gasteiger partial charge is 0.433 e. The SMILES string of the molecule is O=C(NCc1cncc(-c2ccco2)c1)c1ccc(C(F)(F)F)nc1. The molecular formula is C17H12F3N3O2. The molecule has 0 saturated carbocycles. The van der Waals surface area contributed by atoms with Gasteiger partial charge in [0.2, 0.25) is 0 Å². The van der Waals surface area contributed by atoms with Crippen LogP contribution in [0.15, 0.2) is 59.6 Å². The van der Waals surface area contributed by atoms with Gasteiger partial charge in [0.15, 0.2) is 0 Å². The van der Waals surface area contributed by atoms with Crippen molar-refractivity contribution in [2.24, 2.45) is 0 Å². The predicted molar refractivity (Wildman–Crippen MR) is 82.3 cm³/mol. The maximum atomic E-state index is 12.5. The minimum absolute atomic E-state index is 0.0446. The Balaban J connectivity index is 1.65. The number of halogens is 3. The van der Waals surface area contributed by atoms with Crippen LogP contribution in [0.25, 0.3) is 11.3 Å². The van der Waals surface area contributed by atoms with Gasteiger partial charge in [0.1, 0.15) is 11.5 Å². The molecule has 0 aliphatic heterocycles. The molecule has 0 aliphatic rings. The summed E-state index contributed by atoms with van der Waals surface area (Å²) in [5.74, 6) is 0.122. The van der Waals surface area contributed by atoms with E-state index < -0.39 is 17.8 Å². The van der Waals surface area contributed by atoms with Crippen LogP contribution in [0.1, 0.15) is 21.6 Å². The first-order chi connectivity index (χ1) is 11.9. The molecule has 0 unspecified atom stereocenters. The fourth-order valence-electron chi connectivity index (χ4n) is 2.14. The van der Waals surface area contributed by atoms with Crippen LogP contribution in [-0.2, 0) is 12.7 Å². The van der Waals surface area contributed by atoms with Gasteiger partial charge in [-0.3, -0.25) is 14.8 Å². The van der Waals surface area contributed by atoms with Gasteiger partial charge in [-0.05, 0) is 35.9 Å². The lowest BCUT2D eigenvalue weighted by molar-refractivity contribution is -0.141. The number of rotatable bonds is 4. The van der Waals surface area contributed by atoms with Crippen molar-refractivity contribution in [3.63, 3.8) is 0 Å². The average Bonchev–Trinajstić information content (AvgIpc) is 3.14. The van der Waals surface area contributed by atoms with Gasteiger partial charge in [0.05, 0.1) is 11.8 Å². The van der Waals surface area contributed by atoms with Crippen LogP contribution in [0.2, 0.25) is 0 Å². The van der Waals surface area contributed by atoms with E-state index in [9.17, 15) is 18.0 Å². The lowest BCUT2D eigenvalue weighted by Crippen LogP contribution is -2.23. The van der Waals surface area contributed by atoms with E-state index in [2.05, 4.69) is 15.3 Å². The highest BCUT2D eigenvalue weighted by Crippen LogP contribution is 2.27. The molecule has 0 bridgehead atoms. The summed E-state index contributed by atoms with van der Waals surface area (Å²) in [7, 11) is 0. The van der Waals surface area contributed by atoms with Crippen LogP contribution in [0.5, 0.6) is 0 Å². The molecule has 128 valence electrons. The molecule has 0 saturated heterocycles. The molecule has 0 spiro atoms. The van der Waals surface area contributed by atoms with Crippen LogP contribution < -0.4 is 5.32 Å². The summed E-state index contributed by atoms with van der Waals surface area (Å²) in [5, 5.41) is 2.62. The van der Waals surface area contributed by atoms with E-state index in [-0.39, 0.29) is 12.1 Å². The maximum Gasteiger partial charge on any atom is 0.433 e. The minimum Gasteiger partial charge on any atom is -0.464 e. The van der Waals surface area contributed by atoms with E-state index in [4.69, 9.17) is 4.42 Å². The van der Waals surface area contributed by atoms with E-state index in [1.807, 2.05) is 0 Å². The first-order valence-electron chi connectivity index (χ1n) is 7.23. The Bertz CT molecular complexity index is 860. The predicted octanol–water partition coefficient (Wildman–Crippen LogP) is 3.69. The van der Waals surface area contributed by atoms with Crippen molar-refractivity contribution in [3.05, 3.63) is 72.0 Å². The highest BCUT2D eigenvalue weighted by atomic mass is 19.4. The van der Waals surface area contributed by atoms with Crippen LogP contribution in [0.3, 0.4) is 0 Å². The number of hydrogen-bond acceptors (Lipinski definition) is 4. The fourth-order valence-corrected chi connectivity index (χ4v) is 2.14. The fraction of sp³-hybridized carbons (Fsp3) is 0.118. The van der Waals surface area contributed by atoms with Gasteiger partial charge in [0.25, 0.3) is 5.91 Å².